The second-order valence-electron chi connectivity index (χ2n) is 5.64. The van der Waals surface area contributed by atoms with E-state index in [0.29, 0.717) is 0 Å². The summed E-state index contributed by atoms with van der Waals surface area (Å²) in [6, 6.07) is 0. The van der Waals surface area contributed by atoms with Gasteiger partial charge in [0.15, 0.2) is 5.16 Å². The number of aromatic nitrogens is 3. The number of rotatable bonds is 3. The van der Waals surface area contributed by atoms with Gasteiger partial charge in [0.1, 0.15) is 11.5 Å². The summed E-state index contributed by atoms with van der Waals surface area (Å²) in [5.41, 5.74) is 5.42. The lowest BCUT2D eigenvalue weighted by Crippen LogP contribution is -1.95. The SMILES string of the molecule is COC1=CCc2[nH]c(SC)nc2C=C1.COc1c(C)cnc(C)c1C. The highest BCUT2D eigenvalue weighted by Crippen LogP contribution is 2.23. The molecule has 25 heavy (non-hydrogen) atoms. The smallest absolute Gasteiger partial charge is 0.165 e. The fourth-order valence-corrected chi connectivity index (χ4v) is 2.91. The second kappa shape index (κ2) is 8.76. The van der Waals surface area contributed by atoms with Crippen molar-refractivity contribution in [3.05, 3.63) is 52.3 Å². The molecule has 1 aliphatic rings. The number of thioether (sulfide) groups is 1. The van der Waals surface area contributed by atoms with Gasteiger partial charge in [0.2, 0.25) is 0 Å². The van der Waals surface area contributed by atoms with E-state index in [1.54, 1.807) is 26.0 Å². The summed E-state index contributed by atoms with van der Waals surface area (Å²) in [6.45, 7) is 6.00. The molecule has 0 fully saturated rings. The maximum absolute atomic E-state index is 5.22. The Bertz CT molecular complexity index is 794. The van der Waals surface area contributed by atoms with Crippen LogP contribution in [0.3, 0.4) is 0 Å². The van der Waals surface area contributed by atoms with Gasteiger partial charge in [-0.2, -0.15) is 0 Å². The van der Waals surface area contributed by atoms with E-state index in [-0.39, 0.29) is 0 Å². The van der Waals surface area contributed by atoms with Crippen LogP contribution in [0.15, 0.2) is 29.3 Å². The van der Waals surface area contributed by atoms with Crippen molar-refractivity contribution >= 4 is 17.8 Å². The molecule has 1 aliphatic carbocycles. The topological polar surface area (TPSA) is 60.0 Å². The Morgan fingerprint density at radius 2 is 1.88 bits per heavy atom. The van der Waals surface area contributed by atoms with E-state index in [4.69, 9.17) is 9.47 Å². The van der Waals surface area contributed by atoms with E-state index < -0.39 is 0 Å². The van der Waals surface area contributed by atoms with Gasteiger partial charge in [-0.3, -0.25) is 4.98 Å². The van der Waals surface area contributed by atoms with Crippen LogP contribution in [0.4, 0.5) is 0 Å². The summed E-state index contributed by atoms with van der Waals surface area (Å²) in [5.74, 6) is 1.85. The van der Waals surface area contributed by atoms with E-state index in [2.05, 4.69) is 15.0 Å². The largest absolute Gasteiger partial charge is 0.497 e. The highest BCUT2D eigenvalue weighted by molar-refractivity contribution is 7.98. The number of ether oxygens (including phenoxy) is 2. The van der Waals surface area contributed by atoms with Crippen LogP contribution >= 0.6 is 11.8 Å². The molecule has 0 saturated carbocycles. The zero-order chi connectivity index (χ0) is 18.4. The third-order valence-corrected chi connectivity index (χ3v) is 4.61. The lowest BCUT2D eigenvalue weighted by Gasteiger charge is -2.08. The average molecular weight is 359 g/mol. The van der Waals surface area contributed by atoms with Crippen LogP contribution in [0.1, 0.15) is 28.2 Å². The molecule has 2 aromatic rings. The molecule has 2 aromatic heterocycles. The summed E-state index contributed by atoms with van der Waals surface area (Å²) in [6.07, 6.45) is 10.7. The predicted molar refractivity (Wildman–Crippen MR) is 103 cm³/mol. The number of hydrogen-bond acceptors (Lipinski definition) is 5. The van der Waals surface area contributed by atoms with Crippen molar-refractivity contribution < 1.29 is 9.47 Å². The van der Waals surface area contributed by atoms with E-state index in [1.807, 2.05) is 51.5 Å². The molecular weight excluding hydrogens is 334 g/mol. The van der Waals surface area contributed by atoms with Crippen LogP contribution in [0.2, 0.25) is 0 Å². The van der Waals surface area contributed by atoms with Crippen molar-refractivity contribution in [2.24, 2.45) is 0 Å². The molecule has 0 spiro atoms. The Morgan fingerprint density at radius 1 is 1.12 bits per heavy atom. The number of fused-ring (bicyclic) bond motifs is 1. The fourth-order valence-electron chi connectivity index (χ4n) is 2.49. The molecule has 0 aromatic carbocycles. The number of methoxy groups -OCH3 is 2. The molecule has 3 rings (SSSR count). The fraction of sp³-hybridized carbons (Fsp3) is 0.368. The van der Waals surface area contributed by atoms with Crippen molar-refractivity contribution in [1.29, 1.82) is 0 Å². The van der Waals surface area contributed by atoms with E-state index >= 15 is 0 Å². The minimum atomic E-state index is 0.846. The van der Waals surface area contributed by atoms with Crippen molar-refractivity contribution in [3.8, 4) is 5.75 Å². The third-order valence-electron chi connectivity index (χ3n) is 4.03. The lowest BCUT2D eigenvalue weighted by molar-refractivity contribution is 0.306. The maximum atomic E-state index is 5.22. The lowest BCUT2D eigenvalue weighted by atomic mass is 10.1. The first kappa shape index (κ1) is 19.1. The summed E-state index contributed by atoms with van der Waals surface area (Å²) in [4.78, 5) is 11.9. The molecular formula is C19H25N3O2S. The number of hydrogen-bond donors (Lipinski definition) is 1. The molecule has 134 valence electrons. The first-order valence-electron chi connectivity index (χ1n) is 8.02. The molecule has 0 aliphatic heterocycles. The highest BCUT2D eigenvalue weighted by Gasteiger charge is 2.09. The van der Waals surface area contributed by atoms with E-state index in [9.17, 15) is 0 Å². The average Bonchev–Trinajstić information content (AvgIpc) is 2.92. The number of nitrogens with zero attached hydrogens (tertiary/aromatic N) is 2. The molecule has 6 heteroatoms. The molecule has 0 radical (unpaired) electrons. The number of aryl methyl sites for hydroxylation is 2. The molecule has 0 unspecified atom stereocenters. The number of pyridine rings is 1. The summed E-state index contributed by atoms with van der Waals surface area (Å²) in [5, 5.41) is 0.967. The van der Waals surface area contributed by atoms with E-state index in [0.717, 1.165) is 51.3 Å². The third kappa shape index (κ3) is 4.66. The van der Waals surface area contributed by atoms with Crippen LogP contribution < -0.4 is 4.74 Å². The number of H-pyrrole nitrogens is 1. The van der Waals surface area contributed by atoms with Gasteiger partial charge < -0.3 is 14.5 Å². The van der Waals surface area contributed by atoms with Crippen LogP contribution in [-0.4, -0.2) is 35.4 Å². The van der Waals surface area contributed by atoms with Crippen LogP contribution in [0.5, 0.6) is 5.75 Å². The van der Waals surface area contributed by atoms with Crippen LogP contribution in [0.25, 0.3) is 6.08 Å². The number of allylic oxidation sites excluding steroid dienone is 2. The van der Waals surface area contributed by atoms with Crippen molar-refractivity contribution in [1.82, 2.24) is 15.0 Å². The zero-order valence-electron chi connectivity index (χ0n) is 15.6. The minimum absolute atomic E-state index is 0.846. The Hall–Kier alpha value is -2.21. The maximum Gasteiger partial charge on any atom is 0.165 e. The molecule has 5 nitrogen and oxygen atoms in total. The van der Waals surface area contributed by atoms with Crippen LogP contribution in [0, 0.1) is 20.8 Å². The number of nitrogens with one attached hydrogen (secondary N) is 1. The Kier molecular flexibility index (Phi) is 6.70. The molecule has 0 amide bonds. The van der Waals surface area contributed by atoms with Gasteiger partial charge in [-0.25, -0.2) is 4.98 Å². The molecule has 0 atom stereocenters. The standard InChI is InChI=1S/C10H12N2OS.C9H13NO/c1-13-7-3-5-8-9(6-4-7)12-10(11-8)14-2;1-6-5-10-8(3)7(2)9(6)11-4/h3-5H,6H2,1-2H3,(H,11,12);5H,1-4H3. The minimum Gasteiger partial charge on any atom is -0.497 e. The van der Waals surface area contributed by atoms with Gasteiger partial charge in [0.25, 0.3) is 0 Å². The van der Waals surface area contributed by atoms with Crippen molar-refractivity contribution in [2.75, 3.05) is 20.5 Å². The number of imidazole rings is 1. The molecule has 1 N–H and O–H groups in total. The summed E-state index contributed by atoms with van der Waals surface area (Å²) in [7, 11) is 3.37. The van der Waals surface area contributed by atoms with E-state index in [1.165, 1.54) is 0 Å². The monoisotopic (exact) mass is 359 g/mol. The first-order chi connectivity index (χ1) is 12.0. The highest BCUT2D eigenvalue weighted by atomic mass is 32.2. The summed E-state index contributed by atoms with van der Waals surface area (Å²) >= 11 is 1.62. The van der Waals surface area contributed by atoms with Crippen LogP contribution in [-0.2, 0) is 11.2 Å². The summed E-state index contributed by atoms with van der Waals surface area (Å²) < 4.78 is 10.4. The second-order valence-corrected chi connectivity index (χ2v) is 6.44. The quantitative estimate of drug-likeness (QED) is 0.830. The van der Waals surface area contributed by atoms with Gasteiger partial charge in [-0.1, -0.05) is 11.8 Å². The normalized spacial score (nSPS) is 12.5. The number of aromatic amines is 1. The molecule has 0 bridgehead atoms. The van der Waals surface area contributed by atoms with Gasteiger partial charge in [0.05, 0.1) is 19.9 Å². The first-order valence-corrected chi connectivity index (χ1v) is 9.24. The Morgan fingerprint density at radius 3 is 2.48 bits per heavy atom. The predicted octanol–water partition coefficient (Wildman–Crippen LogP) is 4.25. The molecule has 2 heterocycles. The molecule has 0 saturated heterocycles. The van der Waals surface area contributed by atoms with Gasteiger partial charge in [-0.05, 0) is 45.3 Å². The van der Waals surface area contributed by atoms with Gasteiger partial charge in [0, 0.05) is 35.1 Å². The Balaban J connectivity index is 0.000000186. The van der Waals surface area contributed by atoms with Gasteiger partial charge >= 0.3 is 0 Å². The van der Waals surface area contributed by atoms with Gasteiger partial charge in [-0.15, -0.1) is 0 Å². The van der Waals surface area contributed by atoms with Crippen molar-refractivity contribution in [2.45, 2.75) is 32.3 Å². The zero-order valence-corrected chi connectivity index (χ0v) is 16.5. The van der Waals surface area contributed by atoms with Crippen molar-refractivity contribution in [3.63, 3.8) is 0 Å². The Labute approximate surface area is 153 Å².